The lowest BCUT2D eigenvalue weighted by atomic mass is 10.0. The van der Waals surface area contributed by atoms with Gasteiger partial charge in [0.2, 0.25) is 0 Å². The Hall–Kier alpha value is -5.90. The molecule has 3 heteroatoms. The molecule has 0 aliphatic carbocycles. The molecule has 0 bridgehead atoms. The van der Waals surface area contributed by atoms with Crippen LogP contribution in [0.2, 0.25) is 0 Å². The fourth-order valence-corrected chi connectivity index (χ4v) is 7.95. The highest BCUT2D eigenvalue weighted by molar-refractivity contribution is 7.23. The molecular formula is C44H30N2S. The van der Waals surface area contributed by atoms with E-state index in [9.17, 15) is 0 Å². The number of fused-ring (bicyclic) bond motifs is 4. The summed E-state index contributed by atoms with van der Waals surface area (Å²) in [6.45, 7) is 0. The Morgan fingerprint density at radius 2 is 1.00 bits per heavy atom. The molecule has 0 spiro atoms. The molecule has 2 nitrogen and oxygen atoms in total. The third-order valence-electron chi connectivity index (χ3n) is 9.01. The minimum Gasteiger partial charge on any atom is -0.310 e. The number of nitrogens with zero attached hydrogens (tertiary/aromatic N) is 2. The molecule has 7 aromatic carbocycles. The van der Waals surface area contributed by atoms with E-state index >= 15 is 0 Å². The van der Waals surface area contributed by atoms with E-state index in [4.69, 9.17) is 0 Å². The van der Waals surface area contributed by atoms with Gasteiger partial charge in [0.15, 0.2) is 0 Å². The fraction of sp³-hybridized carbons (Fsp3) is 0. The van der Waals surface area contributed by atoms with Crippen molar-refractivity contribution in [2.45, 2.75) is 0 Å². The number of hydrogen-bond acceptors (Lipinski definition) is 2. The summed E-state index contributed by atoms with van der Waals surface area (Å²) < 4.78 is 3.71. The molecule has 0 aliphatic heterocycles. The van der Waals surface area contributed by atoms with Gasteiger partial charge >= 0.3 is 0 Å². The summed E-state index contributed by atoms with van der Waals surface area (Å²) in [5, 5.41) is 3.76. The topological polar surface area (TPSA) is 8.17 Å². The van der Waals surface area contributed by atoms with Crippen LogP contribution in [-0.4, -0.2) is 4.57 Å². The van der Waals surface area contributed by atoms with Crippen molar-refractivity contribution in [1.82, 2.24) is 4.57 Å². The molecule has 0 unspecified atom stereocenters. The third-order valence-corrected chi connectivity index (χ3v) is 10.2. The molecular weight excluding hydrogens is 589 g/mol. The number of rotatable bonds is 6. The van der Waals surface area contributed by atoms with Crippen molar-refractivity contribution < 1.29 is 0 Å². The van der Waals surface area contributed by atoms with Crippen LogP contribution in [0.25, 0.3) is 59.1 Å². The Morgan fingerprint density at radius 3 is 1.77 bits per heavy atom. The Morgan fingerprint density at radius 1 is 0.426 bits per heavy atom. The quantitative estimate of drug-likeness (QED) is 0.180. The Balaban J connectivity index is 1.06. The van der Waals surface area contributed by atoms with Crippen LogP contribution in [0.4, 0.5) is 17.1 Å². The zero-order chi connectivity index (χ0) is 31.2. The maximum atomic E-state index is 2.39. The van der Waals surface area contributed by atoms with Crippen LogP contribution in [0.15, 0.2) is 182 Å². The van der Waals surface area contributed by atoms with Crippen LogP contribution in [0, 0.1) is 0 Å². The number of hydrogen-bond donors (Lipinski definition) is 0. The van der Waals surface area contributed by atoms with Gasteiger partial charge in [0.1, 0.15) is 0 Å². The molecule has 2 aromatic heterocycles. The molecule has 9 aromatic rings. The van der Waals surface area contributed by atoms with Crippen LogP contribution in [0.3, 0.4) is 0 Å². The van der Waals surface area contributed by atoms with E-state index in [0.29, 0.717) is 0 Å². The van der Waals surface area contributed by atoms with E-state index in [2.05, 4.69) is 191 Å². The van der Waals surface area contributed by atoms with Crippen molar-refractivity contribution in [3.05, 3.63) is 182 Å². The number of para-hydroxylation sites is 3. The van der Waals surface area contributed by atoms with Crippen LogP contribution < -0.4 is 4.90 Å². The molecule has 0 aliphatic rings. The van der Waals surface area contributed by atoms with Gasteiger partial charge in [-0.25, -0.2) is 0 Å². The van der Waals surface area contributed by atoms with Gasteiger partial charge in [0.05, 0.1) is 21.4 Å². The highest BCUT2D eigenvalue weighted by atomic mass is 32.1. The molecule has 9 rings (SSSR count). The van der Waals surface area contributed by atoms with Crippen LogP contribution in [0.1, 0.15) is 0 Å². The second-order valence-corrected chi connectivity index (χ2v) is 12.9. The van der Waals surface area contributed by atoms with Gasteiger partial charge in [-0.05, 0) is 76.7 Å². The minimum atomic E-state index is 1.13. The van der Waals surface area contributed by atoms with E-state index in [-0.39, 0.29) is 0 Å². The summed E-state index contributed by atoms with van der Waals surface area (Å²) in [6.07, 6.45) is 0. The van der Waals surface area contributed by atoms with Gasteiger partial charge in [-0.2, -0.15) is 0 Å². The summed E-state index contributed by atoms with van der Waals surface area (Å²) in [6, 6.07) is 65.4. The lowest BCUT2D eigenvalue weighted by Crippen LogP contribution is -2.10. The Bertz CT molecular complexity index is 2490. The third kappa shape index (κ3) is 4.80. The Labute approximate surface area is 278 Å². The van der Waals surface area contributed by atoms with E-state index < -0.39 is 0 Å². The molecule has 0 amide bonds. The first-order chi connectivity index (χ1) is 23.3. The second-order valence-electron chi connectivity index (χ2n) is 11.8. The van der Waals surface area contributed by atoms with Crippen molar-refractivity contribution in [3.63, 3.8) is 0 Å². The fourth-order valence-electron chi connectivity index (χ4n) is 6.77. The number of anilines is 3. The molecule has 47 heavy (non-hydrogen) atoms. The van der Waals surface area contributed by atoms with Gasteiger partial charge in [0, 0.05) is 32.7 Å². The summed E-state index contributed by atoms with van der Waals surface area (Å²) in [7, 11) is 0. The van der Waals surface area contributed by atoms with Crippen LogP contribution in [-0.2, 0) is 0 Å². The van der Waals surface area contributed by atoms with Crippen molar-refractivity contribution >= 4 is 60.3 Å². The highest BCUT2D eigenvalue weighted by Crippen LogP contribution is 2.42. The lowest BCUT2D eigenvalue weighted by Gasteiger charge is -2.27. The zero-order valence-corrected chi connectivity index (χ0v) is 26.4. The van der Waals surface area contributed by atoms with Gasteiger partial charge < -0.3 is 9.47 Å². The van der Waals surface area contributed by atoms with Crippen LogP contribution >= 0.6 is 11.3 Å². The summed E-state index contributed by atoms with van der Waals surface area (Å²) in [5.41, 5.74) is 10.8. The monoisotopic (exact) mass is 618 g/mol. The predicted octanol–water partition coefficient (Wildman–Crippen LogP) is 12.8. The second kappa shape index (κ2) is 11.5. The van der Waals surface area contributed by atoms with Crippen molar-refractivity contribution in [2.24, 2.45) is 0 Å². The first kappa shape index (κ1) is 27.4. The summed E-state index contributed by atoms with van der Waals surface area (Å²) in [5.74, 6) is 0. The normalized spacial score (nSPS) is 11.4. The lowest BCUT2D eigenvalue weighted by molar-refractivity contribution is 1.18. The average molecular weight is 619 g/mol. The smallest absolute Gasteiger partial charge is 0.0655 e. The van der Waals surface area contributed by atoms with Gasteiger partial charge in [-0.15, -0.1) is 11.3 Å². The van der Waals surface area contributed by atoms with E-state index in [1.54, 1.807) is 0 Å². The van der Waals surface area contributed by atoms with Gasteiger partial charge in [0.25, 0.3) is 0 Å². The number of aromatic nitrogens is 1. The number of benzene rings is 7. The molecule has 0 saturated carbocycles. The first-order valence-corrected chi connectivity index (χ1v) is 16.8. The predicted molar refractivity (Wildman–Crippen MR) is 202 cm³/mol. The maximum Gasteiger partial charge on any atom is 0.0655 e. The minimum absolute atomic E-state index is 1.13. The summed E-state index contributed by atoms with van der Waals surface area (Å²) in [4.78, 5) is 3.63. The summed E-state index contributed by atoms with van der Waals surface area (Å²) >= 11 is 1.87. The van der Waals surface area contributed by atoms with E-state index in [1.807, 2.05) is 11.3 Å². The van der Waals surface area contributed by atoms with E-state index in [0.717, 1.165) is 11.4 Å². The van der Waals surface area contributed by atoms with Gasteiger partial charge in [-0.3, -0.25) is 0 Å². The SMILES string of the molecule is c1ccc(N(c2ccc(-c3ccc(-c4cc5c(s4)c4ccccc4n5-c4ccccc4)cc3)cc2)c2cccc3ccccc23)cc1. The molecule has 222 valence electrons. The highest BCUT2D eigenvalue weighted by Gasteiger charge is 2.17. The Kier molecular flexibility index (Phi) is 6.69. The van der Waals surface area contributed by atoms with Gasteiger partial charge in [-0.1, -0.05) is 127 Å². The molecule has 0 saturated heterocycles. The number of thiophene rings is 1. The molecule has 0 N–H and O–H groups in total. The van der Waals surface area contributed by atoms with Crippen molar-refractivity contribution in [1.29, 1.82) is 0 Å². The van der Waals surface area contributed by atoms with Crippen LogP contribution in [0.5, 0.6) is 0 Å². The molecule has 0 fully saturated rings. The molecule has 2 heterocycles. The molecule has 0 atom stereocenters. The standard InChI is InChI=1S/C44H30N2S/c1-3-14-35(15-4-1)45(40-21-11-13-33-12-7-8-18-38(33)40)37-28-26-32(27-29-37)31-22-24-34(25-23-31)43-30-42-44(47-43)39-19-9-10-20-41(39)46(42)36-16-5-2-6-17-36/h1-30H. The zero-order valence-electron chi connectivity index (χ0n) is 25.6. The maximum absolute atomic E-state index is 2.39. The molecule has 0 radical (unpaired) electrons. The largest absolute Gasteiger partial charge is 0.310 e. The van der Waals surface area contributed by atoms with Crippen molar-refractivity contribution in [3.8, 4) is 27.3 Å². The first-order valence-electron chi connectivity index (χ1n) is 15.9. The average Bonchev–Trinajstić information content (AvgIpc) is 3.71. The van der Waals surface area contributed by atoms with E-state index in [1.165, 1.54) is 64.8 Å². The van der Waals surface area contributed by atoms with Crippen molar-refractivity contribution in [2.75, 3.05) is 4.90 Å².